The van der Waals surface area contributed by atoms with E-state index in [2.05, 4.69) is 4.98 Å². The highest BCUT2D eigenvalue weighted by molar-refractivity contribution is 6.00. The van der Waals surface area contributed by atoms with Crippen LogP contribution >= 0.6 is 0 Å². The SMILES string of the molecule is CC(C)C(C)C(N)=O.O=C(O)c1cccnc1C(=O)O. The van der Waals surface area contributed by atoms with Crippen molar-refractivity contribution >= 4 is 17.8 Å². The Balaban J connectivity index is 0.000000396. The molecule has 1 heterocycles. The minimum absolute atomic E-state index is 0.00926. The fourth-order valence-corrected chi connectivity index (χ4v) is 1.08. The van der Waals surface area contributed by atoms with Crippen molar-refractivity contribution in [2.45, 2.75) is 20.8 Å². The molecule has 7 heteroatoms. The lowest BCUT2D eigenvalue weighted by Gasteiger charge is -2.09. The number of nitrogens with two attached hydrogens (primary N) is 1. The second-order valence-electron chi connectivity index (χ2n) is 4.44. The Morgan fingerprint density at radius 2 is 1.70 bits per heavy atom. The Kier molecular flexibility index (Phi) is 6.92. The Bertz CT molecular complexity index is 466. The van der Waals surface area contributed by atoms with E-state index in [0.29, 0.717) is 5.92 Å². The molecule has 1 unspecified atom stereocenters. The first-order chi connectivity index (χ1) is 9.18. The third-order valence-electron chi connectivity index (χ3n) is 2.69. The van der Waals surface area contributed by atoms with Crippen LogP contribution in [0.4, 0.5) is 0 Å². The molecule has 0 aliphatic carbocycles. The number of pyridine rings is 1. The average Bonchev–Trinajstić information content (AvgIpc) is 2.38. The van der Waals surface area contributed by atoms with Gasteiger partial charge < -0.3 is 15.9 Å². The molecule has 0 bridgehead atoms. The summed E-state index contributed by atoms with van der Waals surface area (Å²) in [6, 6.07) is 2.56. The summed E-state index contributed by atoms with van der Waals surface area (Å²) < 4.78 is 0. The first-order valence-corrected chi connectivity index (χ1v) is 5.89. The molecule has 0 aliphatic heterocycles. The van der Waals surface area contributed by atoms with E-state index < -0.39 is 17.6 Å². The Hall–Kier alpha value is -2.44. The largest absolute Gasteiger partial charge is 0.478 e. The van der Waals surface area contributed by atoms with Gasteiger partial charge in [-0.3, -0.25) is 4.79 Å². The number of amides is 1. The number of rotatable bonds is 4. The molecule has 20 heavy (non-hydrogen) atoms. The van der Waals surface area contributed by atoms with Crippen molar-refractivity contribution in [1.29, 1.82) is 0 Å². The van der Waals surface area contributed by atoms with Crippen LogP contribution in [0.3, 0.4) is 0 Å². The van der Waals surface area contributed by atoms with Gasteiger partial charge in [-0.1, -0.05) is 20.8 Å². The van der Waals surface area contributed by atoms with E-state index in [0.717, 1.165) is 0 Å². The summed E-state index contributed by atoms with van der Waals surface area (Å²) in [6.07, 6.45) is 1.23. The smallest absolute Gasteiger partial charge is 0.355 e. The second kappa shape index (κ2) is 7.88. The molecule has 1 aromatic heterocycles. The predicted molar refractivity (Wildman–Crippen MR) is 71.4 cm³/mol. The van der Waals surface area contributed by atoms with E-state index in [4.69, 9.17) is 15.9 Å². The van der Waals surface area contributed by atoms with E-state index in [1.165, 1.54) is 18.3 Å². The van der Waals surface area contributed by atoms with Gasteiger partial charge in [-0.15, -0.1) is 0 Å². The minimum atomic E-state index is -1.34. The summed E-state index contributed by atoms with van der Waals surface area (Å²) in [5, 5.41) is 17.0. The normalized spacial score (nSPS) is 11.2. The number of primary amides is 1. The zero-order valence-electron chi connectivity index (χ0n) is 11.5. The zero-order valence-corrected chi connectivity index (χ0v) is 11.5. The van der Waals surface area contributed by atoms with E-state index in [9.17, 15) is 14.4 Å². The van der Waals surface area contributed by atoms with Gasteiger partial charge in [0.15, 0.2) is 5.69 Å². The van der Waals surface area contributed by atoms with Gasteiger partial charge in [0, 0.05) is 12.1 Å². The lowest BCUT2D eigenvalue weighted by atomic mass is 9.98. The number of carboxylic acid groups (broad SMARTS) is 2. The standard InChI is InChI=1S/C7H5NO4.C6H13NO/c9-6(10)4-2-1-3-8-5(4)7(11)12;1-4(2)5(3)6(7)8/h1-3H,(H,9,10)(H,11,12);4-5H,1-3H3,(H2,7,8). The lowest BCUT2D eigenvalue weighted by molar-refractivity contribution is -0.122. The monoisotopic (exact) mass is 282 g/mol. The maximum absolute atomic E-state index is 10.4. The third kappa shape index (κ3) is 5.47. The van der Waals surface area contributed by atoms with Crippen molar-refractivity contribution < 1.29 is 24.6 Å². The summed E-state index contributed by atoms with van der Waals surface area (Å²) in [7, 11) is 0. The van der Waals surface area contributed by atoms with Crippen molar-refractivity contribution in [2.24, 2.45) is 17.6 Å². The van der Waals surface area contributed by atoms with Crippen molar-refractivity contribution in [1.82, 2.24) is 4.98 Å². The number of nitrogens with zero attached hydrogens (tertiary/aromatic N) is 1. The first-order valence-electron chi connectivity index (χ1n) is 5.89. The fourth-order valence-electron chi connectivity index (χ4n) is 1.08. The zero-order chi connectivity index (χ0) is 15.9. The van der Waals surface area contributed by atoms with Crippen LogP contribution in [0.2, 0.25) is 0 Å². The molecule has 1 rings (SSSR count). The molecule has 1 atom stereocenters. The maximum atomic E-state index is 10.4. The summed E-state index contributed by atoms with van der Waals surface area (Å²) in [5.41, 5.74) is 4.26. The number of aromatic nitrogens is 1. The molecule has 0 spiro atoms. The van der Waals surface area contributed by atoms with Crippen molar-refractivity contribution in [3.05, 3.63) is 29.6 Å². The van der Waals surface area contributed by atoms with E-state index in [-0.39, 0.29) is 17.4 Å². The van der Waals surface area contributed by atoms with Gasteiger partial charge in [0.2, 0.25) is 5.91 Å². The number of carbonyl (C=O) groups excluding carboxylic acids is 1. The van der Waals surface area contributed by atoms with Crippen LogP contribution in [0.15, 0.2) is 18.3 Å². The minimum Gasteiger partial charge on any atom is -0.478 e. The fraction of sp³-hybridized carbons (Fsp3) is 0.385. The van der Waals surface area contributed by atoms with Gasteiger partial charge in [0.05, 0.1) is 5.56 Å². The molecule has 110 valence electrons. The molecule has 0 aliphatic rings. The van der Waals surface area contributed by atoms with Crippen LogP contribution in [-0.4, -0.2) is 33.0 Å². The molecule has 1 amide bonds. The molecule has 7 nitrogen and oxygen atoms in total. The van der Waals surface area contributed by atoms with Crippen molar-refractivity contribution in [3.63, 3.8) is 0 Å². The Morgan fingerprint density at radius 3 is 1.95 bits per heavy atom. The molecule has 0 radical (unpaired) electrons. The Morgan fingerprint density at radius 1 is 1.15 bits per heavy atom. The van der Waals surface area contributed by atoms with Crippen LogP contribution in [0.5, 0.6) is 0 Å². The summed E-state index contributed by atoms with van der Waals surface area (Å²) in [4.78, 5) is 34.6. The van der Waals surface area contributed by atoms with Crippen LogP contribution < -0.4 is 5.73 Å². The molecule has 4 N–H and O–H groups in total. The molecule has 1 aromatic rings. The van der Waals surface area contributed by atoms with Crippen LogP contribution in [0.1, 0.15) is 41.6 Å². The van der Waals surface area contributed by atoms with Crippen LogP contribution in [-0.2, 0) is 4.79 Å². The molecular weight excluding hydrogens is 264 g/mol. The number of carbonyl (C=O) groups is 3. The summed E-state index contributed by atoms with van der Waals surface area (Å²) in [5.74, 6) is -2.46. The van der Waals surface area contributed by atoms with E-state index in [1.807, 2.05) is 20.8 Å². The summed E-state index contributed by atoms with van der Waals surface area (Å²) in [6.45, 7) is 5.80. The number of aromatic carboxylic acids is 2. The van der Waals surface area contributed by atoms with Gasteiger partial charge in [-0.05, 0) is 18.1 Å². The highest BCUT2D eigenvalue weighted by Gasteiger charge is 2.15. The predicted octanol–water partition coefficient (Wildman–Crippen LogP) is 1.24. The summed E-state index contributed by atoms with van der Waals surface area (Å²) >= 11 is 0. The molecular formula is C13H18N2O5. The third-order valence-corrected chi connectivity index (χ3v) is 2.69. The lowest BCUT2D eigenvalue weighted by Crippen LogP contribution is -2.24. The maximum Gasteiger partial charge on any atom is 0.355 e. The van der Waals surface area contributed by atoms with Crippen LogP contribution in [0, 0.1) is 11.8 Å². The highest BCUT2D eigenvalue weighted by Crippen LogP contribution is 2.07. The van der Waals surface area contributed by atoms with Gasteiger partial charge in [0.1, 0.15) is 0 Å². The quantitative estimate of drug-likeness (QED) is 0.761. The molecule has 0 fully saturated rings. The van der Waals surface area contributed by atoms with Gasteiger partial charge in [-0.2, -0.15) is 0 Å². The highest BCUT2D eigenvalue weighted by atomic mass is 16.4. The van der Waals surface area contributed by atoms with Gasteiger partial charge in [0.25, 0.3) is 0 Å². The number of hydrogen-bond acceptors (Lipinski definition) is 4. The number of carboxylic acids is 2. The number of hydrogen-bond donors (Lipinski definition) is 3. The second-order valence-corrected chi connectivity index (χ2v) is 4.44. The Labute approximate surface area is 116 Å². The van der Waals surface area contributed by atoms with Crippen molar-refractivity contribution in [3.8, 4) is 0 Å². The molecule has 0 saturated heterocycles. The van der Waals surface area contributed by atoms with Crippen molar-refractivity contribution in [2.75, 3.05) is 0 Å². The molecule has 0 saturated carbocycles. The molecule has 0 aromatic carbocycles. The van der Waals surface area contributed by atoms with E-state index in [1.54, 1.807) is 0 Å². The first kappa shape index (κ1) is 17.6. The van der Waals surface area contributed by atoms with Gasteiger partial charge in [-0.25, -0.2) is 14.6 Å². The van der Waals surface area contributed by atoms with E-state index >= 15 is 0 Å². The topological polar surface area (TPSA) is 131 Å². The average molecular weight is 282 g/mol. The van der Waals surface area contributed by atoms with Gasteiger partial charge >= 0.3 is 11.9 Å². The van der Waals surface area contributed by atoms with Crippen LogP contribution in [0.25, 0.3) is 0 Å².